The summed E-state index contributed by atoms with van der Waals surface area (Å²) in [5, 5.41) is 21.8. The molecule has 6 heteroatoms. The van der Waals surface area contributed by atoms with E-state index in [9.17, 15) is 5.11 Å². The maximum absolute atomic E-state index is 9.78. The molecule has 98 valence electrons. The molecule has 0 saturated carbocycles. The minimum Gasteiger partial charge on any atom is -0.507 e. The van der Waals surface area contributed by atoms with Gasteiger partial charge in [-0.2, -0.15) is 5.10 Å². The fourth-order valence-electron chi connectivity index (χ4n) is 1.52. The first-order valence-electron chi connectivity index (χ1n) is 5.66. The number of phenols is 1. The lowest BCUT2D eigenvalue weighted by atomic mass is 10.1. The molecule has 0 saturated heterocycles. The molecule has 19 heavy (non-hydrogen) atoms. The molecular formula is C13H13ClN4O. The Morgan fingerprint density at radius 2 is 2.05 bits per heavy atom. The second-order valence-corrected chi connectivity index (χ2v) is 4.46. The lowest BCUT2D eigenvalue weighted by Gasteiger charge is -2.06. The van der Waals surface area contributed by atoms with Crippen LogP contribution in [0.2, 0.25) is 5.15 Å². The zero-order chi connectivity index (χ0) is 13.8. The quantitative estimate of drug-likeness (QED) is 0.668. The Hall–Kier alpha value is -2.14. The maximum atomic E-state index is 9.78. The number of benzene rings is 1. The van der Waals surface area contributed by atoms with Gasteiger partial charge in [0.25, 0.3) is 0 Å². The summed E-state index contributed by atoms with van der Waals surface area (Å²) in [6, 6.07) is 8.63. The fraction of sp³-hybridized carbons (Fsp3) is 0.154. The van der Waals surface area contributed by atoms with Crippen LogP contribution in [0.4, 0.5) is 5.82 Å². The number of nitrogens with one attached hydrogen (secondary N) is 1. The van der Waals surface area contributed by atoms with Gasteiger partial charge >= 0.3 is 0 Å². The van der Waals surface area contributed by atoms with Crippen LogP contribution in [-0.2, 0) is 0 Å². The number of hydrazone groups is 1. The Morgan fingerprint density at radius 3 is 2.74 bits per heavy atom. The first-order chi connectivity index (χ1) is 9.06. The SMILES string of the molecule is C/C(=N\Nc1ccc(Cl)nn1)c1cc(C)ccc1O. The number of aromatic nitrogens is 2. The molecule has 0 bridgehead atoms. The number of anilines is 1. The van der Waals surface area contributed by atoms with Crippen molar-refractivity contribution in [3.63, 3.8) is 0 Å². The predicted molar refractivity (Wildman–Crippen MR) is 75.7 cm³/mol. The summed E-state index contributed by atoms with van der Waals surface area (Å²) in [6.45, 7) is 3.75. The summed E-state index contributed by atoms with van der Waals surface area (Å²) in [5.74, 6) is 0.673. The van der Waals surface area contributed by atoms with Crippen molar-refractivity contribution in [1.82, 2.24) is 10.2 Å². The minimum absolute atomic E-state index is 0.191. The molecular weight excluding hydrogens is 264 g/mol. The van der Waals surface area contributed by atoms with Crippen molar-refractivity contribution in [2.75, 3.05) is 5.43 Å². The van der Waals surface area contributed by atoms with Crippen molar-refractivity contribution in [2.24, 2.45) is 5.10 Å². The van der Waals surface area contributed by atoms with E-state index >= 15 is 0 Å². The third-order valence-corrected chi connectivity index (χ3v) is 2.71. The van der Waals surface area contributed by atoms with Gasteiger partial charge in [-0.1, -0.05) is 23.2 Å². The van der Waals surface area contributed by atoms with Crippen molar-refractivity contribution in [3.05, 3.63) is 46.6 Å². The molecule has 0 atom stereocenters. The average Bonchev–Trinajstić information content (AvgIpc) is 2.40. The van der Waals surface area contributed by atoms with Gasteiger partial charge in [-0.15, -0.1) is 10.2 Å². The van der Waals surface area contributed by atoms with Crippen LogP contribution >= 0.6 is 11.6 Å². The van der Waals surface area contributed by atoms with E-state index in [1.807, 2.05) is 19.1 Å². The van der Waals surface area contributed by atoms with Gasteiger partial charge in [0.05, 0.1) is 5.71 Å². The first kappa shape index (κ1) is 13.3. The highest BCUT2D eigenvalue weighted by Crippen LogP contribution is 2.19. The lowest BCUT2D eigenvalue weighted by molar-refractivity contribution is 0.474. The number of halogens is 1. The highest BCUT2D eigenvalue weighted by Gasteiger charge is 2.05. The number of nitrogens with zero attached hydrogens (tertiary/aromatic N) is 3. The van der Waals surface area contributed by atoms with Gasteiger partial charge in [-0.25, -0.2) is 0 Å². The van der Waals surface area contributed by atoms with E-state index in [1.54, 1.807) is 25.1 Å². The highest BCUT2D eigenvalue weighted by atomic mass is 35.5. The first-order valence-corrected chi connectivity index (χ1v) is 6.03. The molecule has 2 N–H and O–H groups in total. The Kier molecular flexibility index (Phi) is 3.97. The number of aromatic hydroxyl groups is 1. The molecule has 0 radical (unpaired) electrons. The summed E-state index contributed by atoms with van der Waals surface area (Å²) in [7, 11) is 0. The van der Waals surface area contributed by atoms with Crippen LogP contribution in [0.3, 0.4) is 0 Å². The number of rotatable bonds is 3. The molecule has 0 fully saturated rings. The molecule has 2 rings (SSSR count). The number of hydrogen-bond acceptors (Lipinski definition) is 5. The van der Waals surface area contributed by atoms with Crippen molar-refractivity contribution < 1.29 is 5.11 Å². The molecule has 0 aliphatic carbocycles. The molecule has 0 amide bonds. The number of aryl methyl sites for hydroxylation is 1. The van der Waals surface area contributed by atoms with Crippen LogP contribution in [-0.4, -0.2) is 21.0 Å². The van der Waals surface area contributed by atoms with Gasteiger partial charge in [0.1, 0.15) is 5.75 Å². The summed E-state index contributed by atoms with van der Waals surface area (Å²) >= 11 is 5.64. The third-order valence-electron chi connectivity index (χ3n) is 2.51. The van der Waals surface area contributed by atoms with Crippen molar-refractivity contribution in [3.8, 4) is 5.75 Å². The summed E-state index contributed by atoms with van der Waals surface area (Å²) in [6.07, 6.45) is 0. The third kappa shape index (κ3) is 3.42. The van der Waals surface area contributed by atoms with E-state index in [-0.39, 0.29) is 5.75 Å². The lowest BCUT2D eigenvalue weighted by Crippen LogP contribution is -2.02. The van der Waals surface area contributed by atoms with Crippen LogP contribution in [0.5, 0.6) is 5.75 Å². The van der Waals surface area contributed by atoms with Crippen LogP contribution in [0.15, 0.2) is 35.4 Å². The van der Waals surface area contributed by atoms with Crippen LogP contribution < -0.4 is 5.43 Å². The smallest absolute Gasteiger partial charge is 0.168 e. The van der Waals surface area contributed by atoms with Gasteiger partial charge in [-0.3, -0.25) is 5.43 Å². The van der Waals surface area contributed by atoms with Gasteiger partial charge in [0.15, 0.2) is 11.0 Å². The molecule has 0 spiro atoms. The zero-order valence-corrected chi connectivity index (χ0v) is 11.3. The normalized spacial score (nSPS) is 11.4. The van der Waals surface area contributed by atoms with E-state index in [1.165, 1.54) is 0 Å². The van der Waals surface area contributed by atoms with Crippen LogP contribution in [0.1, 0.15) is 18.1 Å². The van der Waals surface area contributed by atoms with Crippen molar-refractivity contribution in [2.45, 2.75) is 13.8 Å². The Balaban J connectivity index is 2.19. The van der Waals surface area contributed by atoms with Gasteiger partial charge < -0.3 is 5.11 Å². The Bertz CT molecular complexity index is 611. The summed E-state index contributed by atoms with van der Waals surface area (Å²) < 4.78 is 0. The van der Waals surface area contributed by atoms with Gasteiger partial charge in [0, 0.05) is 5.56 Å². The standard InChI is InChI=1S/C13H13ClN4O/c1-8-3-4-11(19)10(7-8)9(2)15-17-13-6-5-12(14)16-18-13/h3-7,19H,1-2H3,(H,17,18)/b15-9+. The van der Waals surface area contributed by atoms with Gasteiger partial charge in [0.2, 0.25) is 0 Å². The molecule has 5 nitrogen and oxygen atoms in total. The summed E-state index contributed by atoms with van der Waals surface area (Å²) in [5.41, 5.74) is 5.14. The Morgan fingerprint density at radius 1 is 1.26 bits per heavy atom. The van der Waals surface area contributed by atoms with Crippen molar-refractivity contribution in [1.29, 1.82) is 0 Å². The number of phenolic OH excluding ortho intramolecular Hbond substituents is 1. The second-order valence-electron chi connectivity index (χ2n) is 4.07. The monoisotopic (exact) mass is 276 g/mol. The molecule has 0 unspecified atom stereocenters. The van der Waals surface area contributed by atoms with E-state index < -0.39 is 0 Å². The van der Waals surface area contributed by atoms with Crippen LogP contribution in [0.25, 0.3) is 0 Å². The largest absolute Gasteiger partial charge is 0.507 e. The maximum Gasteiger partial charge on any atom is 0.168 e. The molecule has 0 aliphatic rings. The average molecular weight is 277 g/mol. The van der Waals surface area contributed by atoms with E-state index in [0.717, 1.165) is 5.56 Å². The molecule has 1 aromatic heterocycles. The van der Waals surface area contributed by atoms with E-state index in [2.05, 4.69) is 20.7 Å². The van der Waals surface area contributed by atoms with Crippen LogP contribution in [0, 0.1) is 6.92 Å². The highest BCUT2D eigenvalue weighted by molar-refractivity contribution is 6.29. The summed E-state index contributed by atoms with van der Waals surface area (Å²) in [4.78, 5) is 0. The molecule has 2 aromatic rings. The predicted octanol–water partition coefficient (Wildman–Crippen LogP) is 2.98. The molecule has 1 heterocycles. The second kappa shape index (κ2) is 5.67. The molecule has 0 aliphatic heterocycles. The van der Waals surface area contributed by atoms with E-state index in [0.29, 0.717) is 22.2 Å². The molecule has 1 aromatic carbocycles. The van der Waals surface area contributed by atoms with Crippen molar-refractivity contribution >= 4 is 23.1 Å². The topological polar surface area (TPSA) is 70.4 Å². The Labute approximate surface area is 116 Å². The zero-order valence-electron chi connectivity index (χ0n) is 10.6. The number of hydrogen-bond donors (Lipinski definition) is 2. The van der Waals surface area contributed by atoms with Gasteiger partial charge in [-0.05, 0) is 38.1 Å². The fourth-order valence-corrected chi connectivity index (χ4v) is 1.62. The minimum atomic E-state index is 0.191. The van der Waals surface area contributed by atoms with E-state index in [4.69, 9.17) is 11.6 Å².